The topological polar surface area (TPSA) is 45.5 Å². The minimum atomic E-state index is 0. The smallest absolute Gasteiger partial charge is 0.194 e. The lowest BCUT2D eigenvalue weighted by Crippen LogP contribution is -2.40. The molecule has 6 heteroatoms. The molecule has 0 bridgehead atoms. The number of aromatic nitrogens is 2. The Kier molecular flexibility index (Phi) is 7.37. The zero-order valence-corrected chi connectivity index (χ0v) is 17.6. The first-order valence-corrected chi connectivity index (χ1v) is 9.13. The molecule has 2 unspecified atom stereocenters. The van der Waals surface area contributed by atoms with Crippen LogP contribution in [0.5, 0.6) is 0 Å². The number of hydrogen-bond acceptors (Lipinski definition) is 2. The highest BCUT2D eigenvalue weighted by molar-refractivity contribution is 14.0. The number of nitrogens with zero attached hydrogens (tertiary/aromatic N) is 4. The van der Waals surface area contributed by atoms with Crippen molar-refractivity contribution in [2.45, 2.75) is 52.6 Å². The fourth-order valence-electron chi connectivity index (χ4n) is 4.14. The van der Waals surface area contributed by atoms with Gasteiger partial charge >= 0.3 is 0 Å². The summed E-state index contributed by atoms with van der Waals surface area (Å²) in [5, 5.41) is 3.53. The quantitative estimate of drug-likeness (QED) is 0.439. The van der Waals surface area contributed by atoms with Gasteiger partial charge in [0.25, 0.3) is 0 Å². The molecule has 3 rings (SSSR count). The van der Waals surface area contributed by atoms with E-state index in [0.717, 1.165) is 36.7 Å². The van der Waals surface area contributed by atoms with Crippen molar-refractivity contribution in [2.75, 3.05) is 20.1 Å². The maximum atomic E-state index is 4.51. The maximum Gasteiger partial charge on any atom is 0.194 e. The molecule has 5 nitrogen and oxygen atoms in total. The van der Waals surface area contributed by atoms with Gasteiger partial charge in [-0.25, -0.2) is 4.98 Å². The molecule has 2 atom stereocenters. The average molecular weight is 445 g/mol. The largest absolute Gasteiger partial charge is 0.349 e. The van der Waals surface area contributed by atoms with E-state index < -0.39 is 0 Å². The van der Waals surface area contributed by atoms with Gasteiger partial charge in [-0.3, -0.25) is 4.99 Å². The molecular formula is C18H32IN5. The third kappa shape index (κ3) is 4.64. The Morgan fingerprint density at radius 3 is 2.54 bits per heavy atom. The molecular weight excluding hydrogens is 413 g/mol. The standard InChI is InChI=1S/C18H31N5.HI/c1-14(2)11-22-9-8-20-17(22)10-21-18(19-3)23-12-15-6-4-5-7-16(15)13-23;/h8-9,14-16H,4-7,10-13H2,1-3H3,(H,19,21);1H. The lowest BCUT2D eigenvalue weighted by atomic mass is 9.82. The summed E-state index contributed by atoms with van der Waals surface area (Å²) in [6, 6.07) is 0. The van der Waals surface area contributed by atoms with E-state index in [-0.39, 0.29) is 24.0 Å². The number of nitrogens with one attached hydrogen (secondary N) is 1. The summed E-state index contributed by atoms with van der Waals surface area (Å²) < 4.78 is 2.24. The first-order chi connectivity index (χ1) is 11.2. The minimum Gasteiger partial charge on any atom is -0.349 e. The number of halogens is 1. The van der Waals surface area contributed by atoms with Crippen LogP contribution in [0.2, 0.25) is 0 Å². The van der Waals surface area contributed by atoms with Gasteiger partial charge in [-0.15, -0.1) is 24.0 Å². The van der Waals surface area contributed by atoms with E-state index in [9.17, 15) is 0 Å². The van der Waals surface area contributed by atoms with Crippen LogP contribution in [-0.2, 0) is 13.1 Å². The number of fused-ring (bicyclic) bond motifs is 1. The highest BCUT2D eigenvalue weighted by Gasteiger charge is 2.35. The highest BCUT2D eigenvalue weighted by Crippen LogP contribution is 2.35. The Bertz CT molecular complexity index is 525. The number of aliphatic imine (C=N–C) groups is 1. The summed E-state index contributed by atoms with van der Waals surface area (Å²) in [5.41, 5.74) is 0. The molecule has 1 saturated carbocycles. The van der Waals surface area contributed by atoms with Gasteiger partial charge in [0.15, 0.2) is 5.96 Å². The van der Waals surface area contributed by atoms with Crippen LogP contribution in [0.25, 0.3) is 0 Å². The molecule has 24 heavy (non-hydrogen) atoms. The molecule has 0 radical (unpaired) electrons. The molecule has 2 heterocycles. The monoisotopic (exact) mass is 445 g/mol. The fraction of sp³-hybridized carbons (Fsp3) is 0.778. The molecule has 136 valence electrons. The number of guanidine groups is 1. The fourth-order valence-corrected chi connectivity index (χ4v) is 4.14. The summed E-state index contributed by atoms with van der Waals surface area (Å²) in [7, 11) is 1.89. The molecule has 0 spiro atoms. The average Bonchev–Trinajstić information content (AvgIpc) is 3.14. The Hall–Kier alpha value is -0.790. The predicted octanol–water partition coefficient (Wildman–Crippen LogP) is 3.35. The van der Waals surface area contributed by atoms with Gasteiger partial charge in [-0.1, -0.05) is 26.7 Å². The summed E-state index contributed by atoms with van der Waals surface area (Å²) in [4.78, 5) is 11.5. The zero-order valence-electron chi connectivity index (χ0n) is 15.2. The van der Waals surface area contributed by atoms with Crippen LogP contribution in [0.4, 0.5) is 0 Å². The third-order valence-corrected chi connectivity index (χ3v) is 5.26. The third-order valence-electron chi connectivity index (χ3n) is 5.26. The molecule has 0 aromatic carbocycles. The first kappa shape index (κ1) is 19.5. The van der Waals surface area contributed by atoms with Crippen molar-refractivity contribution in [3.05, 3.63) is 18.2 Å². The molecule has 1 N–H and O–H groups in total. The van der Waals surface area contributed by atoms with E-state index in [1.807, 2.05) is 13.2 Å². The van der Waals surface area contributed by atoms with Crippen molar-refractivity contribution in [2.24, 2.45) is 22.7 Å². The Morgan fingerprint density at radius 2 is 1.96 bits per heavy atom. The van der Waals surface area contributed by atoms with E-state index in [1.165, 1.54) is 38.8 Å². The normalized spacial score (nSPS) is 24.0. The lowest BCUT2D eigenvalue weighted by Gasteiger charge is -2.22. The maximum absolute atomic E-state index is 4.51. The van der Waals surface area contributed by atoms with Gasteiger partial charge in [-0.2, -0.15) is 0 Å². The summed E-state index contributed by atoms with van der Waals surface area (Å²) >= 11 is 0. The van der Waals surface area contributed by atoms with Crippen LogP contribution in [0, 0.1) is 17.8 Å². The molecule has 1 aliphatic heterocycles. The van der Waals surface area contributed by atoms with Crippen LogP contribution in [-0.4, -0.2) is 40.5 Å². The highest BCUT2D eigenvalue weighted by atomic mass is 127. The second-order valence-corrected chi connectivity index (χ2v) is 7.50. The van der Waals surface area contributed by atoms with Crippen molar-refractivity contribution in [3.8, 4) is 0 Å². The Labute approximate surface area is 163 Å². The van der Waals surface area contributed by atoms with Gasteiger partial charge in [0.1, 0.15) is 5.82 Å². The molecule has 2 aliphatic rings. The second kappa shape index (κ2) is 9.06. The van der Waals surface area contributed by atoms with Crippen molar-refractivity contribution in [1.29, 1.82) is 0 Å². The van der Waals surface area contributed by atoms with Crippen LogP contribution in [0.3, 0.4) is 0 Å². The van der Waals surface area contributed by atoms with Gasteiger partial charge < -0.3 is 14.8 Å². The number of imidazole rings is 1. The minimum absolute atomic E-state index is 0. The van der Waals surface area contributed by atoms with Crippen LogP contribution in [0.1, 0.15) is 45.4 Å². The number of hydrogen-bond donors (Lipinski definition) is 1. The van der Waals surface area contributed by atoms with E-state index in [4.69, 9.17) is 0 Å². The molecule has 1 aliphatic carbocycles. The van der Waals surface area contributed by atoms with E-state index >= 15 is 0 Å². The molecule has 1 aromatic heterocycles. The van der Waals surface area contributed by atoms with E-state index in [1.54, 1.807) is 0 Å². The van der Waals surface area contributed by atoms with E-state index in [2.05, 4.69) is 44.8 Å². The van der Waals surface area contributed by atoms with Crippen molar-refractivity contribution in [1.82, 2.24) is 19.8 Å². The Balaban J connectivity index is 0.00000208. The van der Waals surface area contributed by atoms with Crippen LogP contribution < -0.4 is 5.32 Å². The molecule has 2 fully saturated rings. The van der Waals surface area contributed by atoms with Crippen LogP contribution >= 0.6 is 24.0 Å². The second-order valence-electron chi connectivity index (χ2n) is 7.50. The molecule has 1 aromatic rings. The zero-order chi connectivity index (χ0) is 16.2. The van der Waals surface area contributed by atoms with Gasteiger partial charge in [0, 0.05) is 39.1 Å². The summed E-state index contributed by atoms with van der Waals surface area (Å²) in [6.07, 6.45) is 9.59. The molecule has 1 saturated heterocycles. The van der Waals surface area contributed by atoms with Gasteiger partial charge in [-0.05, 0) is 30.6 Å². The van der Waals surface area contributed by atoms with Gasteiger partial charge in [0.2, 0.25) is 0 Å². The van der Waals surface area contributed by atoms with Crippen molar-refractivity contribution >= 4 is 29.9 Å². The van der Waals surface area contributed by atoms with Crippen molar-refractivity contribution < 1.29 is 0 Å². The number of rotatable bonds is 4. The van der Waals surface area contributed by atoms with E-state index in [0.29, 0.717) is 5.92 Å². The lowest BCUT2D eigenvalue weighted by molar-refractivity contribution is 0.299. The SMILES string of the molecule is CN=C(NCc1nccn1CC(C)C)N1CC2CCCCC2C1.I. The first-order valence-electron chi connectivity index (χ1n) is 9.13. The van der Waals surface area contributed by atoms with Crippen molar-refractivity contribution in [3.63, 3.8) is 0 Å². The molecule has 0 amide bonds. The predicted molar refractivity (Wildman–Crippen MR) is 110 cm³/mol. The Morgan fingerprint density at radius 1 is 1.29 bits per heavy atom. The number of likely N-dealkylation sites (tertiary alicyclic amines) is 1. The van der Waals surface area contributed by atoms with Gasteiger partial charge in [0.05, 0.1) is 6.54 Å². The van der Waals surface area contributed by atoms with Crippen LogP contribution in [0.15, 0.2) is 17.4 Å². The summed E-state index contributed by atoms with van der Waals surface area (Å²) in [6.45, 7) is 8.58. The summed E-state index contributed by atoms with van der Waals surface area (Å²) in [5.74, 6) is 4.52.